The molecule has 4 rings (SSSR count). The summed E-state index contributed by atoms with van der Waals surface area (Å²) >= 11 is 6.26. The molecule has 1 aromatic heterocycles. The number of benzene rings is 2. The Morgan fingerprint density at radius 3 is 2.46 bits per heavy atom. The normalized spacial score (nSPS) is 23.9. The number of halogens is 4. The lowest BCUT2D eigenvalue weighted by atomic mass is 9.76. The van der Waals surface area contributed by atoms with E-state index in [0.717, 1.165) is 6.07 Å². The number of sulfone groups is 1. The maximum atomic E-state index is 13.7. The predicted molar refractivity (Wildman–Crippen MR) is 142 cm³/mol. The van der Waals surface area contributed by atoms with Gasteiger partial charge < -0.3 is 10.4 Å². The average Bonchev–Trinajstić information content (AvgIpc) is 3.11. The molecular weight excluding hydrogens is 553 g/mol. The quantitative estimate of drug-likeness (QED) is 0.327. The highest BCUT2D eigenvalue weighted by Gasteiger charge is 2.52. The standard InChI is InChI=1S/C28H28ClF3N2O4S/c1-15-9-16(2)28(36,19-5-4-8-33-14-19)21(15)10-17(3)39(37,38)25-11-18(6-7-22(25)29)27(35)34-20-12-23(30)26(32)24(31)13-20/h4-8,11-17,21,36H,9-10H2,1-3H3,(H,34,35)/t15-,16?,17?,21?,28-/m0/s1. The van der Waals surface area contributed by atoms with Gasteiger partial charge in [0, 0.05) is 41.3 Å². The molecule has 1 fully saturated rings. The minimum absolute atomic E-state index is 0.0203. The highest BCUT2D eigenvalue weighted by molar-refractivity contribution is 7.92. The first-order valence-electron chi connectivity index (χ1n) is 12.4. The molecule has 3 aromatic rings. The first kappa shape index (κ1) is 29.0. The van der Waals surface area contributed by atoms with Crippen molar-refractivity contribution in [2.75, 3.05) is 5.32 Å². The molecule has 3 unspecified atom stereocenters. The molecule has 208 valence electrons. The minimum Gasteiger partial charge on any atom is -0.385 e. The summed E-state index contributed by atoms with van der Waals surface area (Å²) in [4.78, 5) is 16.6. The fraction of sp³-hybridized carbons (Fsp3) is 0.357. The summed E-state index contributed by atoms with van der Waals surface area (Å²) in [5, 5.41) is 13.0. The molecule has 0 saturated heterocycles. The Hall–Kier alpha value is -2.95. The molecule has 2 N–H and O–H groups in total. The van der Waals surface area contributed by atoms with Crippen LogP contribution in [0, 0.1) is 35.2 Å². The van der Waals surface area contributed by atoms with Crippen LogP contribution in [0.25, 0.3) is 0 Å². The summed E-state index contributed by atoms with van der Waals surface area (Å²) in [5.74, 6) is -6.02. The molecule has 39 heavy (non-hydrogen) atoms. The number of anilines is 1. The molecule has 0 aliphatic heterocycles. The number of carbonyl (C=O) groups is 1. The van der Waals surface area contributed by atoms with Crippen LogP contribution < -0.4 is 5.32 Å². The summed E-state index contributed by atoms with van der Waals surface area (Å²) in [6.07, 6.45) is 4.02. The van der Waals surface area contributed by atoms with Gasteiger partial charge in [-0.15, -0.1) is 0 Å². The predicted octanol–water partition coefficient (Wildman–Crippen LogP) is 6.14. The van der Waals surface area contributed by atoms with Gasteiger partial charge in [0.05, 0.1) is 20.8 Å². The molecule has 1 amide bonds. The van der Waals surface area contributed by atoms with Crippen molar-refractivity contribution in [2.24, 2.45) is 17.8 Å². The second kappa shape index (κ2) is 10.9. The van der Waals surface area contributed by atoms with Crippen molar-refractivity contribution in [1.29, 1.82) is 0 Å². The van der Waals surface area contributed by atoms with Gasteiger partial charge in [-0.2, -0.15) is 0 Å². The van der Waals surface area contributed by atoms with Crippen molar-refractivity contribution in [1.82, 2.24) is 4.98 Å². The second-order valence-electron chi connectivity index (χ2n) is 10.2. The molecule has 1 saturated carbocycles. The van der Waals surface area contributed by atoms with Crippen molar-refractivity contribution in [3.05, 3.63) is 88.5 Å². The Bertz CT molecular complexity index is 1480. The lowest BCUT2D eigenvalue weighted by Gasteiger charge is -2.36. The Morgan fingerprint density at radius 1 is 1.18 bits per heavy atom. The second-order valence-corrected chi connectivity index (χ2v) is 13.0. The van der Waals surface area contributed by atoms with Crippen LogP contribution in [0.3, 0.4) is 0 Å². The molecular formula is C28H28ClF3N2O4S. The number of hydrogen-bond donors (Lipinski definition) is 2. The Labute approximate surface area is 230 Å². The van der Waals surface area contributed by atoms with Crippen LogP contribution in [-0.4, -0.2) is 29.7 Å². The molecule has 1 aliphatic rings. The summed E-state index contributed by atoms with van der Waals surface area (Å²) in [6.45, 7) is 5.44. The monoisotopic (exact) mass is 580 g/mol. The minimum atomic E-state index is -4.09. The topological polar surface area (TPSA) is 96.4 Å². The van der Waals surface area contributed by atoms with Crippen molar-refractivity contribution >= 4 is 33.0 Å². The van der Waals surface area contributed by atoms with Crippen LogP contribution in [0.2, 0.25) is 5.02 Å². The number of nitrogens with zero attached hydrogens (tertiary/aromatic N) is 1. The molecule has 6 nitrogen and oxygen atoms in total. The van der Waals surface area contributed by atoms with E-state index in [1.807, 2.05) is 13.8 Å². The molecule has 0 bridgehead atoms. The molecule has 11 heteroatoms. The third kappa shape index (κ3) is 5.42. The van der Waals surface area contributed by atoms with E-state index in [2.05, 4.69) is 10.3 Å². The number of carbonyl (C=O) groups excluding carboxylic acids is 1. The zero-order valence-corrected chi connectivity index (χ0v) is 23.0. The van der Waals surface area contributed by atoms with Gasteiger partial charge in [0.1, 0.15) is 0 Å². The van der Waals surface area contributed by atoms with Crippen LogP contribution in [0.15, 0.2) is 59.8 Å². The molecule has 0 radical (unpaired) electrons. The van der Waals surface area contributed by atoms with Gasteiger partial charge in [0.2, 0.25) is 0 Å². The SMILES string of the molecule is CC1C[C@H](C)C(CC(C)S(=O)(=O)c2cc(C(=O)Nc3cc(F)c(F)c(F)c3)ccc2Cl)[C@@]1(O)c1cccnc1. The maximum absolute atomic E-state index is 13.7. The number of pyridine rings is 1. The smallest absolute Gasteiger partial charge is 0.255 e. The molecule has 0 spiro atoms. The van der Waals surface area contributed by atoms with Gasteiger partial charge in [-0.1, -0.05) is 31.5 Å². The van der Waals surface area contributed by atoms with E-state index in [4.69, 9.17) is 11.6 Å². The number of hydrogen-bond acceptors (Lipinski definition) is 5. The summed E-state index contributed by atoms with van der Waals surface area (Å²) < 4.78 is 67.7. The summed E-state index contributed by atoms with van der Waals surface area (Å²) in [5.41, 5.74) is -1.13. The third-order valence-electron chi connectivity index (χ3n) is 7.71. The van der Waals surface area contributed by atoms with Crippen molar-refractivity contribution < 1.29 is 31.5 Å². The molecule has 1 heterocycles. The fourth-order valence-corrected chi connectivity index (χ4v) is 7.57. The summed E-state index contributed by atoms with van der Waals surface area (Å²) in [7, 11) is -4.09. The van der Waals surface area contributed by atoms with E-state index < -0.39 is 50.0 Å². The highest BCUT2D eigenvalue weighted by atomic mass is 35.5. The van der Waals surface area contributed by atoms with Gasteiger partial charge in [0.15, 0.2) is 27.3 Å². The summed E-state index contributed by atoms with van der Waals surface area (Å²) in [6, 6.07) is 8.33. The molecule has 5 atom stereocenters. The maximum Gasteiger partial charge on any atom is 0.255 e. The van der Waals surface area contributed by atoms with Crippen LogP contribution in [0.4, 0.5) is 18.9 Å². The van der Waals surface area contributed by atoms with Crippen molar-refractivity contribution in [3.63, 3.8) is 0 Å². The van der Waals surface area contributed by atoms with E-state index >= 15 is 0 Å². The van der Waals surface area contributed by atoms with Crippen molar-refractivity contribution in [3.8, 4) is 0 Å². The van der Waals surface area contributed by atoms with Crippen LogP contribution in [-0.2, 0) is 15.4 Å². The average molecular weight is 581 g/mol. The zero-order valence-electron chi connectivity index (χ0n) is 21.5. The number of aliphatic hydroxyl groups is 1. The number of nitrogens with one attached hydrogen (secondary N) is 1. The van der Waals surface area contributed by atoms with E-state index in [-0.39, 0.29) is 39.4 Å². The van der Waals surface area contributed by atoms with Crippen molar-refractivity contribution in [2.45, 2.75) is 49.4 Å². The van der Waals surface area contributed by atoms with Crippen LogP contribution in [0.5, 0.6) is 0 Å². The highest BCUT2D eigenvalue weighted by Crippen LogP contribution is 2.53. The van der Waals surface area contributed by atoms with Gasteiger partial charge in [-0.3, -0.25) is 9.78 Å². The Morgan fingerprint density at radius 2 is 1.85 bits per heavy atom. The lowest BCUT2D eigenvalue weighted by molar-refractivity contribution is -0.0455. The molecule has 1 aliphatic carbocycles. The van der Waals surface area contributed by atoms with Crippen LogP contribution in [0.1, 0.15) is 49.5 Å². The first-order chi connectivity index (χ1) is 18.3. The lowest BCUT2D eigenvalue weighted by Crippen LogP contribution is -2.39. The Kier molecular flexibility index (Phi) is 8.12. The van der Waals surface area contributed by atoms with Gasteiger partial charge >= 0.3 is 0 Å². The fourth-order valence-electron chi connectivity index (χ4n) is 5.61. The van der Waals surface area contributed by atoms with Gasteiger partial charge in [-0.05, 0) is 61.8 Å². The van der Waals surface area contributed by atoms with E-state index in [1.165, 1.54) is 19.1 Å². The number of amides is 1. The van der Waals surface area contributed by atoms with E-state index in [0.29, 0.717) is 24.1 Å². The van der Waals surface area contributed by atoms with Crippen LogP contribution >= 0.6 is 11.6 Å². The van der Waals surface area contributed by atoms with Gasteiger partial charge in [-0.25, -0.2) is 21.6 Å². The van der Waals surface area contributed by atoms with E-state index in [1.54, 1.807) is 24.5 Å². The zero-order chi connectivity index (χ0) is 28.7. The van der Waals surface area contributed by atoms with Gasteiger partial charge in [0.25, 0.3) is 5.91 Å². The first-order valence-corrected chi connectivity index (χ1v) is 14.3. The number of aromatic nitrogens is 1. The largest absolute Gasteiger partial charge is 0.385 e. The third-order valence-corrected chi connectivity index (χ3v) is 10.4. The number of rotatable bonds is 7. The molecule has 2 aromatic carbocycles. The van der Waals surface area contributed by atoms with E-state index in [9.17, 15) is 31.5 Å². The Balaban J connectivity index is 1.61.